The second-order valence-electron chi connectivity index (χ2n) is 5.21. The molecule has 0 bridgehead atoms. The zero-order chi connectivity index (χ0) is 17.9. The fourth-order valence-corrected chi connectivity index (χ4v) is 2.76. The molecule has 5 nitrogen and oxygen atoms in total. The molecule has 0 unspecified atom stereocenters. The molecule has 0 aromatic heterocycles. The number of ether oxygens (including phenoxy) is 1. The summed E-state index contributed by atoms with van der Waals surface area (Å²) in [5.41, 5.74) is 1.14. The molecule has 2 aromatic rings. The van der Waals surface area contributed by atoms with Crippen LogP contribution in [0.1, 0.15) is 28.4 Å². The Hall–Kier alpha value is -2.41. The van der Waals surface area contributed by atoms with Gasteiger partial charge in [0.25, 0.3) is 0 Å². The fourth-order valence-electron chi connectivity index (χ4n) is 2.12. The van der Waals surface area contributed by atoms with Gasteiger partial charge in [-0.25, -0.2) is 12.8 Å². The molecule has 0 amide bonds. The van der Waals surface area contributed by atoms with Crippen molar-refractivity contribution in [3.8, 4) is 5.75 Å². The monoisotopic (exact) mass is 351 g/mol. The Bertz CT molecular complexity index is 878. The number of halogens is 1. The topological polar surface area (TPSA) is 72.5 Å². The fraction of sp³-hybridized carbons (Fsp3) is 0.235. The van der Waals surface area contributed by atoms with Gasteiger partial charge in [-0.3, -0.25) is 9.52 Å². The predicted molar refractivity (Wildman–Crippen MR) is 90.6 cm³/mol. The minimum Gasteiger partial charge on any atom is -0.495 e. The maximum absolute atomic E-state index is 13.3. The normalized spacial score (nSPS) is 11.2. The first-order valence-corrected chi connectivity index (χ1v) is 8.92. The first-order chi connectivity index (χ1) is 11.3. The number of hydrogen-bond acceptors (Lipinski definition) is 4. The third-order valence-electron chi connectivity index (χ3n) is 3.53. The van der Waals surface area contributed by atoms with Gasteiger partial charge in [-0.15, -0.1) is 0 Å². The molecule has 0 saturated heterocycles. The number of sulfonamides is 1. The van der Waals surface area contributed by atoms with Crippen LogP contribution in [0.5, 0.6) is 5.75 Å². The Kier molecular flexibility index (Phi) is 5.23. The third-order valence-corrected chi connectivity index (χ3v) is 4.82. The highest BCUT2D eigenvalue weighted by atomic mass is 32.2. The average Bonchev–Trinajstić information content (AvgIpc) is 2.56. The summed E-state index contributed by atoms with van der Waals surface area (Å²) in [5.74, 6) is -0.528. The number of rotatable bonds is 6. The average molecular weight is 351 g/mol. The molecule has 0 atom stereocenters. The highest BCUT2D eigenvalue weighted by Gasteiger charge is 2.16. The number of ketones is 1. The van der Waals surface area contributed by atoms with Crippen molar-refractivity contribution >= 4 is 21.5 Å². The Labute approximate surface area is 140 Å². The second-order valence-corrected chi connectivity index (χ2v) is 7.22. The summed E-state index contributed by atoms with van der Waals surface area (Å²) in [4.78, 5) is 12.6. The van der Waals surface area contributed by atoms with E-state index in [4.69, 9.17) is 4.74 Å². The number of hydrogen-bond donors (Lipinski definition) is 1. The Morgan fingerprint density at radius 1 is 1.17 bits per heavy atom. The van der Waals surface area contributed by atoms with E-state index >= 15 is 0 Å². The van der Waals surface area contributed by atoms with Crippen molar-refractivity contribution < 1.29 is 22.3 Å². The van der Waals surface area contributed by atoms with Crippen molar-refractivity contribution in [2.24, 2.45) is 0 Å². The van der Waals surface area contributed by atoms with E-state index in [1.807, 2.05) is 0 Å². The Morgan fingerprint density at radius 2 is 1.79 bits per heavy atom. The molecule has 2 rings (SSSR count). The molecule has 1 N–H and O–H groups in total. The molecule has 0 aliphatic carbocycles. The maximum Gasteiger partial charge on any atom is 0.232 e. The molecule has 128 valence electrons. The van der Waals surface area contributed by atoms with Gasteiger partial charge in [0, 0.05) is 11.1 Å². The minimum absolute atomic E-state index is 0.106. The zero-order valence-corrected chi connectivity index (χ0v) is 14.4. The van der Waals surface area contributed by atoms with Gasteiger partial charge in [0.15, 0.2) is 5.78 Å². The molecule has 2 aromatic carbocycles. The van der Waals surface area contributed by atoms with Crippen LogP contribution in [-0.2, 0) is 10.0 Å². The predicted octanol–water partition coefficient (Wildman–Crippen LogP) is 3.14. The van der Waals surface area contributed by atoms with Gasteiger partial charge in [0.2, 0.25) is 10.0 Å². The molecule has 0 radical (unpaired) electrons. The summed E-state index contributed by atoms with van der Waals surface area (Å²) >= 11 is 0. The van der Waals surface area contributed by atoms with Crippen LogP contribution in [0.25, 0.3) is 0 Å². The van der Waals surface area contributed by atoms with Crippen LogP contribution in [0.3, 0.4) is 0 Å². The molecule has 0 heterocycles. The lowest BCUT2D eigenvalue weighted by Gasteiger charge is -2.12. The molecule has 0 fully saturated rings. The summed E-state index contributed by atoms with van der Waals surface area (Å²) in [5, 5.41) is 0. The molecule has 24 heavy (non-hydrogen) atoms. The van der Waals surface area contributed by atoms with Gasteiger partial charge in [0.1, 0.15) is 11.6 Å². The molecule has 0 aliphatic rings. The third kappa shape index (κ3) is 3.91. The SMILES string of the molecule is CCS(=O)(=O)Nc1cc(C(=O)c2ccc(F)c(C)c2)ccc1OC. The van der Waals surface area contributed by atoms with Crippen LogP contribution in [-0.4, -0.2) is 27.1 Å². The number of aryl methyl sites for hydroxylation is 1. The first kappa shape index (κ1) is 17.9. The summed E-state index contributed by atoms with van der Waals surface area (Å²) < 4.78 is 44.4. The lowest BCUT2D eigenvalue weighted by atomic mass is 10.0. The number of methoxy groups -OCH3 is 1. The molecule has 0 spiro atoms. The van der Waals surface area contributed by atoms with Crippen molar-refractivity contribution in [3.63, 3.8) is 0 Å². The van der Waals surface area contributed by atoms with E-state index in [-0.39, 0.29) is 22.8 Å². The van der Waals surface area contributed by atoms with E-state index < -0.39 is 15.8 Å². The quantitative estimate of drug-likeness (QED) is 0.812. The van der Waals surface area contributed by atoms with Crippen LogP contribution in [0.2, 0.25) is 0 Å². The largest absolute Gasteiger partial charge is 0.495 e. The summed E-state index contributed by atoms with van der Waals surface area (Å²) in [6.07, 6.45) is 0. The maximum atomic E-state index is 13.3. The van der Waals surface area contributed by atoms with E-state index in [2.05, 4.69) is 4.72 Å². The van der Waals surface area contributed by atoms with Crippen LogP contribution in [0.15, 0.2) is 36.4 Å². The first-order valence-electron chi connectivity index (χ1n) is 7.26. The summed E-state index contributed by atoms with van der Waals surface area (Å²) in [6, 6.07) is 8.53. The van der Waals surface area contributed by atoms with Gasteiger partial charge in [-0.05, 0) is 55.8 Å². The van der Waals surface area contributed by atoms with Crippen molar-refractivity contribution in [3.05, 3.63) is 58.9 Å². The molecule has 0 aliphatic heterocycles. The lowest BCUT2D eigenvalue weighted by Crippen LogP contribution is -2.15. The van der Waals surface area contributed by atoms with Crippen LogP contribution < -0.4 is 9.46 Å². The number of nitrogens with one attached hydrogen (secondary N) is 1. The Balaban J connectivity index is 2.43. The van der Waals surface area contributed by atoms with E-state index in [1.165, 1.54) is 50.4 Å². The van der Waals surface area contributed by atoms with Gasteiger partial charge in [-0.2, -0.15) is 0 Å². The van der Waals surface area contributed by atoms with Crippen LogP contribution in [0, 0.1) is 12.7 Å². The minimum atomic E-state index is -3.52. The van der Waals surface area contributed by atoms with Crippen molar-refractivity contribution in [1.29, 1.82) is 0 Å². The molecular formula is C17H18FNO4S. The highest BCUT2D eigenvalue weighted by molar-refractivity contribution is 7.92. The van der Waals surface area contributed by atoms with E-state index in [0.717, 1.165) is 0 Å². The van der Waals surface area contributed by atoms with Crippen molar-refractivity contribution in [2.75, 3.05) is 17.6 Å². The smallest absolute Gasteiger partial charge is 0.232 e. The number of benzene rings is 2. The summed E-state index contributed by atoms with van der Waals surface area (Å²) in [6.45, 7) is 3.08. The number of carbonyl (C=O) groups excluding carboxylic acids is 1. The van der Waals surface area contributed by atoms with Gasteiger partial charge in [0.05, 0.1) is 18.6 Å². The van der Waals surface area contributed by atoms with Crippen LogP contribution in [0.4, 0.5) is 10.1 Å². The lowest BCUT2D eigenvalue weighted by molar-refractivity contribution is 0.103. The van der Waals surface area contributed by atoms with Crippen LogP contribution >= 0.6 is 0 Å². The van der Waals surface area contributed by atoms with Crippen molar-refractivity contribution in [1.82, 2.24) is 0 Å². The second kappa shape index (κ2) is 7.00. The zero-order valence-electron chi connectivity index (χ0n) is 13.6. The standard InChI is InChI=1S/C17H18FNO4S/c1-4-24(21,22)19-15-10-13(6-8-16(15)23-3)17(20)12-5-7-14(18)11(2)9-12/h5-10,19H,4H2,1-3H3. The van der Waals surface area contributed by atoms with Gasteiger partial charge >= 0.3 is 0 Å². The molecule has 7 heteroatoms. The molecular weight excluding hydrogens is 333 g/mol. The van der Waals surface area contributed by atoms with Gasteiger partial charge < -0.3 is 4.74 Å². The highest BCUT2D eigenvalue weighted by Crippen LogP contribution is 2.28. The molecule has 0 saturated carbocycles. The van der Waals surface area contributed by atoms with E-state index in [1.54, 1.807) is 6.92 Å². The Morgan fingerprint density at radius 3 is 2.38 bits per heavy atom. The van der Waals surface area contributed by atoms with Crippen molar-refractivity contribution in [2.45, 2.75) is 13.8 Å². The summed E-state index contributed by atoms with van der Waals surface area (Å²) in [7, 11) is -2.11. The number of anilines is 1. The number of carbonyl (C=O) groups is 1. The van der Waals surface area contributed by atoms with E-state index in [0.29, 0.717) is 16.9 Å². The van der Waals surface area contributed by atoms with E-state index in [9.17, 15) is 17.6 Å². The van der Waals surface area contributed by atoms with Gasteiger partial charge in [-0.1, -0.05) is 0 Å².